The number of hydrogen-bond acceptors (Lipinski definition) is 1. The first-order chi connectivity index (χ1) is 4.26. The average molecular weight is 200 g/mol. The molecule has 0 aromatic heterocycles. The molecule has 0 saturated heterocycles. The van der Waals surface area contributed by atoms with Gasteiger partial charge in [-0.3, -0.25) is 10.0 Å². The smallest absolute Gasteiger partial charge is 0.313 e. The summed E-state index contributed by atoms with van der Waals surface area (Å²) in [4.78, 5) is 3.07. The van der Waals surface area contributed by atoms with Crippen molar-refractivity contribution in [1.29, 1.82) is 0 Å². The molecule has 0 aliphatic heterocycles. The predicted octanol–water partition coefficient (Wildman–Crippen LogP) is 1.69. The Balaban J connectivity index is 0. The predicted molar refractivity (Wildman–Crippen MR) is 52.6 cm³/mol. The summed E-state index contributed by atoms with van der Waals surface area (Å²) in [5, 5.41) is 0. The highest BCUT2D eigenvalue weighted by Crippen LogP contribution is 1.96. The highest BCUT2D eigenvalue weighted by molar-refractivity contribution is 6.94. The Labute approximate surface area is 80.4 Å². The fraction of sp³-hybridized carbons (Fsp3) is 1.00. The molecule has 1 nitrogen and oxygen atoms in total. The fourth-order valence-electron chi connectivity index (χ4n) is 0.945. The van der Waals surface area contributed by atoms with Crippen LogP contribution in [-0.4, -0.2) is 37.2 Å². The molecule has 0 aliphatic rings. The van der Waals surface area contributed by atoms with Gasteiger partial charge in [-0.25, -0.2) is 0 Å². The van der Waals surface area contributed by atoms with Crippen molar-refractivity contribution in [2.45, 2.75) is 25.7 Å². The Morgan fingerprint density at radius 1 is 1.40 bits per heavy atom. The standard InChI is InChI=1S/C6H14N.Al.2ClH.H/c1-4-7(5-2)6-3;;;;/h4H,5-6H2,1-3H3;;2*1H;/q;+1;;;/p-1. The van der Waals surface area contributed by atoms with E-state index in [2.05, 4.69) is 25.7 Å². The lowest BCUT2D eigenvalue weighted by Crippen LogP contribution is -2.35. The van der Waals surface area contributed by atoms with Crippen LogP contribution in [-0.2, 0) is 0 Å². The second-order valence-corrected chi connectivity index (χ2v) is 4.64. The van der Waals surface area contributed by atoms with E-state index in [9.17, 15) is 0 Å². The molecule has 4 heteroatoms. The Hall–Kier alpha value is 1.07. The normalized spacial score (nSPS) is 12.5. The molecule has 0 amide bonds. The van der Waals surface area contributed by atoms with Gasteiger partial charge in [0.25, 0.3) is 0 Å². The van der Waals surface area contributed by atoms with Crippen molar-refractivity contribution in [3.63, 3.8) is 0 Å². The molecule has 1 atom stereocenters. The minimum Gasteiger partial charge on any atom is -0.313 e. The maximum atomic E-state index is 5.80. The van der Waals surface area contributed by atoms with E-state index in [4.69, 9.17) is 10.0 Å². The van der Waals surface area contributed by atoms with Crippen LogP contribution in [0.5, 0.6) is 0 Å². The van der Waals surface area contributed by atoms with Gasteiger partial charge in [-0.1, -0.05) is 20.8 Å². The van der Waals surface area contributed by atoms with E-state index in [1.165, 1.54) is 0 Å². The summed E-state index contributed by atoms with van der Waals surface area (Å²) in [7, 11) is 5.80. The zero-order chi connectivity index (χ0) is 7.28. The van der Waals surface area contributed by atoms with Gasteiger partial charge in [-0.15, -0.1) is 12.4 Å². The van der Waals surface area contributed by atoms with Gasteiger partial charge in [-0.2, -0.15) is 0 Å². The molecule has 0 saturated carbocycles. The Morgan fingerprint density at radius 2 is 1.80 bits per heavy atom. The lowest BCUT2D eigenvalue weighted by Gasteiger charge is -2.23. The van der Waals surface area contributed by atoms with Crippen molar-refractivity contribution in [2.75, 3.05) is 13.1 Å². The summed E-state index contributed by atoms with van der Waals surface area (Å²) in [6.07, 6.45) is 0. The van der Waals surface area contributed by atoms with E-state index in [1.807, 2.05) is 0 Å². The van der Waals surface area contributed by atoms with E-state index < -0.39 is 0 Å². The van der Waals surface area contributed by atoms with Gasteiger partial charge in [0.15, 0.2) is 0 Å². The van der Waals surface area contributed by atoms with Crippen LogP contribution in [0.4, 0.5) is 0 Å². The summed E-state index contributed by atoms with van der Waals surface area (Å²) in [6, 6.07) is 0. The van der Waals surface area contributed by atoms with Gasteiger partial charge >= 0.3 is 14.3 Å². The molecule has 62 valence electrons. The summed E-state index contributed by atoms with van der Waals surface area (Å²) < 4.78 is 0. The Kier molecular flexibility index (Phi) is 11.2. The van der Waals surface area contributed by atoms with Crippen LogP contribution in [0.2, 0.25) is 0 Å². The molecule has 0 aliphatic carbocycles. The third-order valence-corrected chi connectivity index (χ3v) is 3.96. The van der Waals surface area contributed by atoms with Gasteiger partial charge in [-0.05, 0) is 18.0 Å². The van der Waals surface area contributed by atoms with Gasteiger partial charge in [0.1, 0.15) is 0 Å². The van der Waals surface area contributed by atoms with Crippen molar-refractivity contribution in [1.82, 2.24) is 4.90 Å². The number of nitrogens with zero attached hydrogens (tertiary/aromatic N) is 1. The molecule has 0 spiro atoms. The second-order valence-electron chi connectivity index (χ2n) is 2.22. The molecule has 0 rings (SSSR count). The van der Waals surface area contributed by atoms with E-state index in [-0.39, 0.29) is 26.7 Å². The maximum absolute atomic E-state index is 5.80. The van der Waals surface area contributed by atoms with Crippen molar-refractivity contribution in [3.8, 4) is 0 Å². The molecule has 0 heterocycles. The van der Waals surface area contributed by atoms with Crippen LogP contribution >= 0.6 is 22.5 Å². The Morgan fingerprint density at radius 3 is 1.90 bits per heavy atom. The maximum Gasteiger partial charge on any atom is 0.394 e. The molecule has 0 aromatic rings. The highest BCUT2D eigenvalue weighted by atomic mass is 35.6. The Bertz CT molecular complexity index is 68.8. The first-order valence-corrected chi connectivity index (χ1v) is 6.51. The first kappa shape index (κ1) is 13.6. The van der Waals surface area contributed by atoms with Crippen LogP contribution in [0.1, 0.15) is 20.8 Å². The molecule has 0 radical (unpaired) electrons. The van der Waals surface area contributed by atoms with E-state index in [1.54, 1.807) is 0 Å². The SMILES string of the molecule is CCN(CC)[CH](C)[AlH][Cl].Cl. The fourth-order valence-corrected chi connectivity index (χ4v) is 2.24. The van der Waals surface area contributed by atoms with Gasteiger partial charge in [0.05, 0.1) is 0 Å². The van der Waals surface area contributed by atoms with E-state index in [0.717, 1.165) is 13.1 Å². The van der Waals surface area contributed by atoms with Crippen molar-refractivity contribution < 1.29 is 0 Å². The van der Waals surface area contributed by atoms with E-state index in [0.29, 0.717) is 4.90 Å². The molecule has 0 aromatic carbocycles. The first-order valence-electron chi connectivity index (χ1n) is 3.56. The lowest BCUT2D eigenvalue weighted by atomic mass is 10.5. The minimum absolute atomic E-state index is 0. The molecular formula is C6H16AlCl2N. The lowest BCUT2D eigenvalue weighted by molar-refractivity contribution is 0.290. The molecule has 1 unspecified atom stereocenters. The van der Waals surface area contributed by atoms with Crippen LogP contribution in [0, 0.1) is 0 Å². The highest BCUT2D eigenvalue weighted by Gasteiger charge is 2.09. The summed E-state index contributed by atoms with van der Waals surface area (Å²) in [5.41, 5.74) is 0. The summed E-state index contributed by atoms with van der Waals surface area (Å²) >= 11 is -0.333. The van der Waals surface area contributed by atoms with Crippen LogP contribution in [0.3, 0.4) is 0 Å². The van der Waals surface area contributed by atoms with Crippen molar-refractivity contribution in [2.24, 2.45) is 0 Å². The molecule has 10 heavy (non-hydrogen) atoms. The zero-order valence-electron chi connectivity index (χ0n) is 6.93. The van der Waals surface area contributed by atoms with Crippen LogP contribution in [0.25, 0.3) is 0 Å². The molecule has 0 bridgehead atoms. The number of halogens is 2. The van der Waals surface area contributed by atoms with Gasteiger partial charge < -0.3 is 4.90 Å². The molecule has 0 N–H and O–H groups in total. The van der Waals surface area contributed by atoms with Gasteiger partial charge in [0, 0.05) is 0 Å². The van der Waals surface area contributed by atoms with E-state index >= 15 is 0 Å². The third kappa shape index (κ3) is 4.82. The van der Waals surface area contributed by atoms with Gasteiger partial charge in [0.2, 0.25) is 0 Å². The quantitative estimate of drug-likeness (QED) is 0.624. The zero-order valence-corrected chi connectivity index (χ0v) is 9.92. The third-order valence-electron chi connectivity index (χ3n) is 1.66. The molecule has 0 fully saturated rings. The monoisotopic (exact) mass is 199 g/mol. The average Bonchev–Trinajstić information content (AvgIpc) is 1.90. The number of hydrogen-bond donors (Lipinski definition) is 0. The summed E-state index contributed by atoms with van der Waals surface area (Å²) in [6.45, 7) is 8.85. The second kappa shape index (κ2) is 8.17. The summed E-state index contributed by atoms with van der Waals surface area (Å²) in [5.74, 6) is 0. The molecular weight excluding hydrogens is 184 g/mol. The number of rotatable bonds is 4. The van der Waals surface area contributed by atoms with Crippen LogP contribution in [0.15, 0.2) is 0 Å². The van der Waals surface area contributed by atoms with Crippen molar-refractivity contribution in [3.05, 3.63) is 0 Å². The largest absolute Gasteiger partial charge is 0.394 e. The minimum atomic E-state index is -0.333. The van der Waals surface area contributed by atoms with Crippen LogP contribution < -0.4 is 0 Å². The topological polar surface area (TPSA) is 3.24 Å². The van der Waals surface area contributed by atoms with Crippen molar-refractivity contribution >= 4 is 36.8 Å².